The Morgan fingerprint density at radius 2 is 1.91 bits per heavy atom. The van der Waals surface area contributed by atoms with E-state index in [4.69, 9.17) is 15.2 Å². The van der Waals surface area contributed by atoms with E-state index in [9.17, 15) is 4.79 Å². The maximum absolute atomic E-state index is 11.8. The third-order valence-corrected chi connectivity index (χ3v) is 3.46. The molecule has 0 aliphatic carbocycles. The number of nitrogens with two attached hydrogens (primary N) is 1. The molecule has 5 heteroatoms. The van der Waals surface area contributed by atoms with Crippen molar-refractivity contribution >= 4 is 22.6 Å². The van der Waals surface area contributed by atoms with Crippen LogP contribution in [0.1, 0.15) is 16.1 Å². The molecule has 0 atom stereocenters. The number of fused-ring (bicyclic) bond motifs is 1. The summed E-state index contributed by atoms with van der Waals surface area (Å²) in [6.45, 7) is 0.384. The number of pyridine rings is 1. The van der Waals surface area contributed by atoms with Gasteiger partial charge in [0.15, 0.2) is 5.69 Å². The first-order chi connectivity index (χ1) is 11.2. The molecular formula is C18H16N2O3. The lowest BCUT2D eigenvalue weighted by Crippen LogP contribution is -2.07. The molecule has 2 aromatic carbocycles. The smallest absolute Gasteiger partial charge is 0.356 e. The molecule has 23 heavy (non-hydrogen) atoms. The molecule has 1 heterocycles. The summed E-state index contributed by atoms with van der Waals surface area (Å²) in [7, 11) is 1.31. The minimum atomic E-state index is -0.528. The van der Waals surface area contributed by atoms with Crippen molar-refractivity contribution in [2.24, 2.45) is 0 Å². The highest BCUT2D eigenvalue weighted by molar-refractivity contribution is 5.98. The molecule has 116 valence electrons. The second-order valence-corrected chi connectivity index (χ2v) is 5.01. The lowest BCUT2D eigenvalue weighted by molar-refractivity contribution is 0.0594. The third kappa shape index (κ3) is 3.08. The molecule has 0 radical (unpaired) electrons. The minimum absolute atomic E-state index is 0.168. The van der Waals surface area contributed by atoms with Crippen LogP contribution >= 0.6 is 0 Å². The Morgan fingerprint density at radius 1 is 1.13 bits per heavy atom. The van der Waals surface area contributed by atoms with Gasteiger partial charge in [-0.2, -0.15) is 0 Å². The Balaban J connectivity index is 2.03. The molecule has 0 aliphatic rings. The average Bonchev–Trinajstić information content (AvgIpc) is 2.60. The van der Waals surface area contributed by atoms with E-state index in [1.807, 2.05) is 42.5 Å². The van der Waals surface area contributed by atoms with Gasteiger partial charge >= 0.3 is 5.97 Å². The van der Waals surface area contributed by atoms with Crippen LogP contribution in [-0.4, -0.2) is 18.1 Å². The van der Waals surface area contributed by atoms with E-state index < -0.39 is 5.97 Å². The molecule has 0 aliphatic heterocycles. The fourth-order valence-electron chi connectivity index (χ4n) is 2.30. The van der Waals surface area contributed by atoms with Crippen molar-refractivity contribution in [1.82, 2.24) is 4.98 Å². The highest BCUT2D eigenvalue weighted by atomic mass is 16.5. The summed E-state index contributed by atoms with van der Waals surface area (Å²) in [6.07, 6.45) is 0. The highest BCUT2D eigenvalue weighted by Gasteiger charge is 2.14. The zero-order chi connectivity index (χ0) is 16.2. The summed E-state index contributed by atoms with van der Waals surface area (Å²) >= 11 is 0. The van der Waals surface area contributed by atoms with Crippen LogP contribution < -0.4 is 10.5 Å². The molecule has 0 unspecified atom stereocenters. The van der Waals surface area contributed by atoms with Crippen LogP contribution in [0.2, 0.25) is 0 Å². The summed E-state index contributed by atoms with van der Waals surface area (Å²) in [6, 6.07) is 16.8. The van der Waals surface area contributed by atoms with Gasteiger partial charge in [0.05, 0.1) is 18.3 Å². The molecule has 3 rings (SSSR count). The van der Waals surface area contributed by atoms with Gasteiger partial charge in [0.1, 0.15) is 12.4 Å². The van der Waals surface area contributed by atoms with Crippen molar-refractivity contribution in [2.75, 3.05) is 12.8 Å². The Morgan fingerprint density at radius 3 is 2.65 bits per heavy atom. The summed E-state index contributed by atoms with van der Waals surface area (Å²) < 4.78 is 10.6. The number of para-hydroxylation sites is 1. The standard InChI is InChI=1S/C18H16N2O3/c1-22-18(21)15-10-16(23-11-12-6-3-2-4-7-12)13-8-5-9-14(19)17(13)20-15/h2-10H,11,19H2,1H3. The topological polar surface area (TPSA) is 74.4 Å². The van der Waals surface area contributed by atoms with Crippen molar-refractivity contribution < 1.29 is 14.3 Å². The molecule has 0 saturated carbocycles. The lowest BCUT2D eigenvalue weighted by Gasteiger charge is -2.12. The van der Waals surface area contributed by atoms with Crippen LogP contribution in [0.5, 0.6) is 5.75 Å². The van der Waals surface area contributed by atoms with Gasteiger partial charge in [0.2, 0.25) is 0 Å². The lowest BCUT2D eigenvalue weighted by atomic mass is 10.1. The number of hydrogen-bond acceptors (Lipinski definition) is 5. The first kappa shape index (κ1) is 14.8. The molecule has 0 spiro atoms. The van der Waals surface area contributed by atoms with E-state index >= 15 is 0 Å². The number of benzene rings is 2. The fourth-order valence-corrected chi connectivity index (χ4v) is 2.30. The van der Waals surface area contributed by atoms with Crippen molar-refractivity contribution in [3.63, 3.8) is 0 Å². The molecule has 0 amide bonds. The predicted octanol–water partition coefficient (Wildman–Crippen LogP) is 3.18. The molecular weight excluding hydrogens is 292 g/mol. The second-order valence-electron chi connectivity index (χ2n) is 5.01. The number of nitrogen functional groups attached to an aromatic ring is 1. The Bertz CT molecular complexity index is 848. The summed E-state index contributed by atoms with van der Waals surface area (Å²) in [5.41, 5.74) is 8.18. The van der Waals surface area contributed by atoms with Gasteiger partial charge in [-0.1, -0.05) is 36.4 Å². The first-order valence-electron chi connectivity index (χ1n) is 7.13. The number of anilines is 1. The van der Waals surface area contributed by atoms with Crippen LogP contribution in [0.25, 0.3) is 10.9 Å². The van der Waals surface area contributed by atoms with Gasteiger partial charge in [0.25, 0.3) is 0 Å². The van der Waals surface area contributed by atoms with Crippen molar-refractivity contribution in [2.45, 2.75) is 6.61 Å². The maximum atomic E-state index is 11.8. The first-order valence-corrected chi connectivity index (χ1v) is 7.13. The van der Waals surface area contributed by atoms with E-state index in [1.54, 1.807) is 12.1 Å². The summed E-state index contributed by atoms with van der Waals surface area (Å²) in [5, 5.41) is 0.758. The van der Waals surface area contributed by atoms with Crippen molar-refractivity contribution in [3.8, 4) is 5.75 Å². The molecule has 0 saturated heterocycles. The monoisotopic (exact) mass is 308 g/mol. The van der Waals surface area contributed by atoms with Crippen molar-refractivity contribution in [1.29, 1.82) is 0 Å². The fraction of sp³-hybridized carbons (Fsp3) is 0.111. The highest BCUT2D eigenvalue weighted by Crippen LogP contribution is 2.29. The molecule has 3 aromatic rings. The predicted molar refractivity (Wildman–Crippen MR) is 88.3 cm³/mol. The zero-order valence-electron chi connectivity index (χ0n) is 12.7. The van der Waals surface area contributed by atoms with Crippen LogP contribution in [-0.2, 0) is 11.3 Å². The normalized spacial score (nSPS) is 10.5. The Labute approximate surface area is 133 Å². The van der Waals surface area contributed by atoms with E-state index in [2.05, 4.69) is 4.98 Å². The Kier molecular flexibility index (Phi) is 4.10. The molecule has 0 fully saturated rings. The Hall–Kier alpha value is -3.08. The molecule has 1 aromatic heterocycles. The van der Waals surface area contributed by atoms with E-state index in [0.717, 1.165) is 10.9 Å². The number of methoxy groups -OCH3 is 1. The SMILES string of the molecule is COC(=O)c1cc(OCc2ccccc2)c2cccc(N)c2n1. The maximum Gasteiger partial charge on any atom is 0.356 e. The number of carbonyl (C=O) groups is 1. The van der Waals surface area contributed by atoms with Gasteiger partial charge < -0.3 is 15.2 Å². The van der Waals surface area contributed by atoms with E-state index in [0.29, 0.717) is 23.6 Å². The van der Waals surface area contributed by atoms with E-state index in [-0.39, 0.29) is 5.69 Å². The molecule has 2 N–H and O–H groups in total. The average molecular weight is 308 g/mol. The second kappa shape index (κ2) is 6.36. The number of esters is 1. The van der Waals surface area contributed by atoms with Crippen LogP contribution in [0, 0.1) is 0 Å². The number of nitrogens with zero attached hydrogens (tertiary/aromatic N) is 1. The van der Waals surface area contributed by atoms with Crippen molar-refractivity contribution in [3.05, 3.63) is 65.9 Å². The third-order valence-electron chi connectivity index (χ3n) is 3.46. The largest absolute Gasteiger partial charge is 0.488 e. The number of ether oxygens (including phenoxy) is 2. The van der Waals surface area contributed by atoms with Gasteiger partial charge in [0, 0.05) is 11.5 Å². The number of aromatic nitrogens is 1. The number of hydrogen-bond donors (Lipinski definition) is 1. The quantitative estimate of drug-likeness (QED) is 0.592. The summed E-state index contributed by atoms with van der Waals surface area (Å²) in [4.78, 5) is 16.1. The van der Waals surface area contributed by atoms with Gasteiger partial charge in [-0.05, 0) is 17.7 Å². The van der Waals surface area contributed by atoms with E-state index in [1.165, 1.54) is 7.11 Å². The molecule has 5 nitrogen and oxygen atoms in total. The van der Waals surface area contributed by atoms with Crippen LogP contribution in [0.15, 0.2) is 54.6 Å². The van der Waals surface area contributed by atoms with Gasteiger partial charge in [-0.3, -0.25) is 0 Å². The number of carbonyl (C=O) groups excluding carboxylic acids is 1. The number of rotatable bonds is 4. The van der Waals surface area contributed by atoms with Gasteiger partial charge in [-0.15, -0.1) is 0 Å². The van der Waals surface area contributed by atoms with Crippen LogP contribution in [0.4, 0.5) is 5.69 Å². The van der Waals surface area contributed by atoms with Crippen LogP contribution in [0.3, 0.4) is 0 Å². The minimum Gasteiger partial charge on any atom is -0.488 e. The summed E-state index contributed by atoms with van der Waals surface area (Å²) in [5.74, 6) is 0.0197. The zero-order valence-corrected chi connectivity index (χ0v) is 12.7. The van der Waals surface area contributed by atoms with Gasteiger partial charge in [-0.25, -0.2) is 9.78 Å². The molecule has 0 bridgehead atoms.